The van der Waals surface area contributed by atoms with Crippen LogP contribution < -0.4 is 5.73 Å². The van der Waals surface area contributed by atoms with E-state index < -0.39 is 0 Å². The first-order valence-corrected chi connectivity index (χ1v) is 6.21. The topological polar surface area (TPSA) is 35.2 Å². The van der Waals surface area contributed by atoms with E-state index in [1.807, 2.05) is 0 Å². The molecule has 1 aromatic rings. The molecule has 86 valence electrons. The maximum Gasteiger partial charge on any atom is 0.0483 e. The number of ether oxygens (including phenoxy) is 1. The number of rotatable bonds is 2. The molecule has 0 aromatic heterocycles. The minimum Gasteiger partial charge on any atom is -0.381 e. The van der Waals surface area contributed by atoms with Gasteiger partial charge in [-0.1, -0.05) is 30.3 Å². The Kier molecular flexibility index (Phi) is 2.49. The lowest BCUT2D eigenvalue weighted by Gasteiger charge is -2.34. The first-order chi connectivity index (χ1) is 7.80. The van der Waals surface area contributed by atoms with Crippen molar-refractivity contribution in [2.75, 3.05) is 13.2 Å². The van der Waals surface area contributed by atoms with E-state index in [0.29, 0.717) is 11.8 Å². The van der Waals surface area contributed by atoms with Gasteiger partial charge in [0.05, 0.1) is 0 Å². The van der Waals surface area contributed by atoms with Crippen molar-refractivity contribution in [3.63, 3.8) is 0 Å². The summed E-state index contributed by atoms with van der Waals surface area (Å²) >= 11 is 0. The van der Waals surface area contributed by atoms with Gasteiger partial charge >= 0.3 is 0 Å². The van der Waals surface area contributed by atoms with Crippen LogP contribution in [0.4, 0.5) is 0 Å². The van der Waals surface area contributed by atoms with E-state index in [1.165, 1.54) is 12.0 Å². The van der Waals surface area contributed by atoms with Gasteiger partial charge in [0.1, 0.15) is 0 Å². The van der Waals surface area contributed by atoms with Crippen molar-refractivity contribution in [1.82, 2.24) is 0 Å². The van der Waals surface area contributed by atoms with Crippen LogP contribution in [0.5, 0.6) is 0 Å². The third-order valence-electron chi connectivity index (χ3n) is 4.18. The molecule has 1 heterocycles. The van der Waals surface area contributed by atoms with Crippen molar-refractivity contribution < 1.29 is 4.74 Å². The molecule has 2 aliphatic rings. The third kappa shape index (κ3) is 1.76. The first-order valence-electron chi connectivity index (χ1n) is 6.21. The van der Waals surface area contributed by atoms with Crippen LogP contribution in [-0.4, -0.2) is 18.8 Å². The van der Waals surface area contributed by atoms with Gasteiger partial charge in [0.25, 0.3) is 0 Å². The molecule has 2 fully saturated rings. The zero-order chi connectivity index (χ0) is 11.0. The molecule has 16 heavy (non-hydrogen) atoms. The van der Waals surface area contributed by atoms with Gasteiger partial charge in [-0.2, -0.15) is 0 Å². The summed E-state index contributed by atoms with van der Waals surface area (Å²) in [5.74, 6) is 1.38. The van der Waals surface area contributed by atoms with Crippen molar-refractivity contribution in [2.24, 2.45) is 11.7 Å². The van der Waals surface area contributed by atoms with E-state index in [-0.39, 0.29) is 5.54 Å². The van der Waals surface area contributed by atoms with Gasteiger partial charge in [0.15, 0.2) is 0 Å². The molecule has 3 rings (SSSR count). The fourth-order valence-corrected chi connectivity index (χ4v) is 3.02. The van der Waals surface area contributed by atoms with E-state index in [9.17, 15) is 0 Å². The van der Waals surface area contributed by atoms with Gasteiger partial charge in [0, 0.05) is 18.8 Å². The van der Waals surface area contributed by atoms with Crippen LogP contribution in [0.3, 0.4) is 0 Å². The average Bonchev–Trinajstić information content (AvgIpc) is 3.12. The summed E-state index contributed by atoms with van der Waals surface area (Å²) in [7, 11) is 0. The molecule has 1 aromatic carbocycles. The van der Waals surface area contributed by atoms with E-state index in [0.717, 1.165) is 26.1 Å². The number of nitrogens with two attached hydrogens (primary N) is 1. The number of benzene rings is 1. The summed E-state index contributed by atoms with van der Waals surface area (Å²) in [6.45, 7) is 1.68. The fourth-order valence-electron chi connectivity index (χ4n) is 3.02. The molecular formula is C14H19NO. The molecule has 1 saturated heterocycles. The van der Waals surface area contributed by atoms with Crippen LogP contribution in [0.15, 0.2) is 30.3 Å². The van der Waals surface area contributed by atoms with Crippen LogP contribution in [0.25, 0.3) is 0 Å². The van der Waals surface area contributed by atoms with E-state index >= 15 is 0 Å². The maximum absolute atomic E-state index is 6.51. The lowest BCUT2D eigenvalue weighted by molar-refractivity contribution is 0.0446. The summed E-state index contributed by atoms with van der Waals surface area (Å²) in [6.07, 6.45) is 3.32. The summed E-state index contributed by atoms with van der Waals surface area (Å²) < 4.78 is 5.40. The highest BCUT2D eigenvalue weighted by Crippen LogP contribution is 2.54. The summed E-state index contributed by atoms with van der Waals surface area (Å²) in [6, 6.07) is 10.8. The second kappa shape index (κ2) is 3.86. The van der Waals surface area contributed by atoms with Gasteiger partial charge < -0.3 is 10.5 Å². The van der Waals surface area contributed by atoms with Crippen molar-refractivity contribution in [3.05, 3.63) is 35.9 Å². The fraction of sp³-hybridized carbons (Fsp3) is 0.571. The highest BCUT2D eigenvalue weighted by Gasteiger charge is 2.51. The molecule has 0 amide bonds. The zero-order valence-electron chi connectivity index (χ0n) is 9.56. The quantitative estimate of drug-likeness (QED) is 0.825. The largest absolute Gasteiger partial charge is 0.381 e. The summed E-state index contributed by atoms with van der Waals surface area (Å²) in [5.41, 5.74) is 8.01. The molecule has 2 heteroatoms. The van der Waals surface area contributed by atoms with Crippen molar-refractivity contribution in [3.8, 4) is 0 Å². The molecule has 1 aliphatic heterocycles. The molecule has 1 saturated carbocycles. The van der Waals surface area contributed by atoms with E-state index in [1.54, 1.807) is 0 Å². The molecule has 2 atom stereocenters. The second-order valence-electron chi connectivity index (χ2n) is 5.20. The second-order valence-corrected chi connectivity index (χ2v) is 5.20. The molecular weight excluding hydrogens is 198 g/mol. The maximum atomic E-state index is 6.51. The van der Waals surface area contributed by atoms with Crippen LogP contribution in [0.2, 0.25) is 0 Å². The standard InChI is InChI=1S/C14H19NO/c15-14(6-8-16-9-7-14)13-10-12(13)11-4-2-1-3-5-11/h1-5,12-13H,6-10,15H2. The van der Waals surface area contributed by atoms with Crippen molar-refractivity contribution in [2.45, 2.75) is 30.7 Å². The Morgan fingerprint density at radius 2 is 1.81 bits per heavy atom. The molecule has 1 aliphatic carbocycles. The van der Waals surface area contributed by atoms with Crippen molar-refractivity contribution in [1.29, 1.82) is 0 Å². The van der Waals surface area contributed by atoms with Gasteiger partial charge in [-0.05, 0) is 36.7 Å². The summed E-state index contributed by atoms with van der Waals surface area (Å²) in [5, 5.41) is 0. The minimum absolute atomic E-state index is 0.0404. The molecule has 2 unspecified atom stereocenters. The van der Waals surface area contributed by atoms with Crippen LogP contribution in [0, 0.1) is 5.92 Å². The van der Waals surface area contributed by atoms with Gasteiger partial charge in [0.2, 0.25) is 0 Å². The average molecular weight is 217 g/mol. The lowest BCUT2D eigenvalue weighted by Crippen LogP contribution is -2.47. The minimum atomic E-state index is 0.0404. The predicted octanol–water partition coefficient (Wildman–Crippen LogP) is 2.30. The van der Waals surface area contributed by atoms with Crippen LogP contribution in [0.1, 0.15) is 30.7 Å². The Balaban J connectivity index is 1.71. The summed E-state index contributed by atoms with van der Waals surface area (Å²) in [4.78, 5) is 0. The Morgan fingerprint density at radius 1 is 1.12 bits per heavy atom. The zero-order valence-corrected chi connectivity index (χ0v) is 9.56. The molecule has 2 nitrogen and oxygen atoms in total. The Hall–Kier alpha value is -0.860. The lowest BCUT2D eigenvalue weighted by atomic mass is 9.84. The van der Waals surface area contributed by atoms with Gasteiger partial charge in [-0.25, -0.2) is 0 Å². The Labute approximate surface area is 96.8 Å². The van der Waals surface area contributed by atoms with Gasteiger partial charge in [-0.3, -0.25) is 0 Å². The first kappa shape index (κ1) is 10.3. The van der Waals surface area contributed by atoms with Crippen LogP contribution >= 0.6 is 0 Å². The highest BCUT2D eigenvalue weighted by atomic mass is 16.5. The monoisotopic (exact) mass is 217 g/mol. The molecule has 0 radical (unpaired) electrons. The van der Waals surface area contributed by atoms with E-state index in [2.05, 4.69) is 30.3 Å². The number of hydrogen-bond donors (Lipinski definition) is 1. The van der Waals surface area contributed by atoms with Crippen LogP contribution in [-0.2, 0) is 4.74 Å². The normalized spacial score (nSPS) is 32.3. The van der Waals surface area contributed by atoms with Crippen molar-refractivity contribution >= 4 is 0 Å². The molecule has 0 bridgehead atoms. The van der Waals surface area contributed by atoms with E-state index in [4.69, 9.17) is 10.5 Å². The Morgan fingerprint density at radius 3 is 2.50 bits per heavy atom. The number of hydrogen-bond acceptors (Lipinski definition) is 2. The predicted molar refractivity (Wildman–Crippen MR) is 64.3 cm³/mol. The SMILES string of the molecule is NC1(C2CC2c2ccccc2)CCOCC1. The highest BCUT2D eigenvalue weighted by molar-refractivity contribution is 5.28. The molecule has 0 spiro atoms. The Bertz CT molecular complexity index is 356. The molecule has 2 N–H and O–H groups in total. The third-order valence-corrected chi connectivity index (χ3v) is 4.18. The smallest absolute Gasteiger partial charge is 0.0483 e. The van der Waals surface area contributed by atoms with Gasteiger partial charge in [-0.15, -0.1) is 0 Å².